The maximum atomic E-state index is 12.6. The largest absolute Gasteiger partial charge is 0.476 e. The zero-order chi connectivity index (χ0) is 21.0. The fourth-order valence-electron chi connectivity index (χ4n) is 1.70. The van der Waals surface area contributed by atoms with Crippen LogP contribution in [0.15, 0.2) is 11.3 Å². The number of ether oxygens (including phenoxy) is 2. The van der Waals surface area contributed by atoms with Crippen LogP contribution in [0.1, 0.15) is 57.7 Å². The van der Waals surface area contributed by atoms with Gasteiger partial charge in [-0.25, -0.2) is 24.4 Å². The second-order valence-electron chi connectivity index (χ2n) is 7.35. The lowest BCUT2D eigenvalue weighted by atomic mass is 10.2. The van der Waals surface area contributed by atoms with Gasteiger partial charge in [0.2, 0.25) is 0 Å². The molecule has 0 saturated carbocycles. The highest BCUT2D eigenvalue weighted by Gasteiger charge is 2.36. The monoisotopic (exact) mass is 381 g/mol. The van der Waals surface area contributed by atoms with Crippen molar-refractivity contribution in [3.05, 3.63) is 17.6 Å². The lowest BCUT2D eigenvalue weighted by Crippen LogP contribution is -2.45. The molecule has 11 heteroatoms. The summed E-state index contributed by atoms with van der Waals surface area (Å²) in [5.41, 5.74) is -2.57. The summed E-state index contributed by atoms with van der Waals surface area (Å²) in [6.07, 6.45) is -0.156. The average Bonchev–Trinajstić information content (AvgIpc) is 2.45. The molecule has 0 fully saturated rings. The molecule has 1 aromatic rings. The Morgan fingerprint density at radius 3 is 1.96 bits per heavy atom. The number of aromatic carboxylic acids is 1. The number of imide groups is 1. The zero-order valence-electron chi connectivity index (χ0n) is 16.0. The fourth-order valence-corrected chi connectivity index (χ4v) is 1.70. The summed E-state index contributed by atoms with van der Waals surface area (Å²) in [6, 6.07) is 0. The second-order valence-corrected chi connectivity index (χ2v) is 7.35. The molecule has 0 radical (unpaired) electrons. The highest BCUT2D eigenvalue weighted by atomic mass is 16.6. The average molecular weight is 381 g/mol. The van der Waals surface area contributed by atoms with E-state index in [2.05, 4.69) is 15.1 Å². The van der Waals surface area contributed by atoms with Crippen LogP contribution in [-0.4, -0.2) is 50.6 Å². The van der Waals surface area contributed by atoms with E-state index >= 15 is 0 Å². The number of anilines is 1. The predicted octanol–water partition coefficient (Wildman–Crippen LogP) is 2.14. The van der Waals surface area contributed by atoms with Gasteiger partial charge in [-0.15, -0.1) is 0 Å². The number of rotatable bonds is 3. The lowest BCUT2D eigenvalue weighted by molar-refractivity contribution is 0.0428. The summed E-state index contributed by atoms with van der Waals surface area (Å²) >= 11 is 0. The fraction of sp³-hybridized carbons (Fsp3) is 0.500. The van der Waals surface area contributed by atoms with Crippen molar-refractivity contribution in [1.29, 1.82) is 0 Å². The van der Waals surface area contributed by atoms with E-state index < -0.39 is 40.9 Å². The summed E-state index contributed by atoms with van der Waals surface area (Å²) in [5.74, 6) is 2.93. The van der Waals surface area contributed by atoms with E-state index in [-0.39, 0.29) is 5.69 Å². The first-order valence-electron chi connectivity index (χ1n) is 7.85. The van der Waals surface area contributed by atoms with Crippen LogP contribution in [-0.2, 0) is 9.47 Å². The number of carboxylic acid groups (broad SMARTS) is 1. The van der Waals surface area contributed by atoms with Gasteiger partial charge in [-0.1, -0.05) is 0 Å². The Morgan fingerprint density at radius 1 is 1.11 bits per heavy atom. The number of amides is 2. The Kier molecular flexibility index (Phi) is 6.44. The summed E-state index contributed by atoms with van der Waals surface area (Å²) < 4.78 is 10.4. The highest BCUT2D eigenvalue weighted by Crippen LogP contribution is 2.22. The normalized spacial score (nSPS) is 11.9. The van der Waals surface area contributed by atoms with Crippen molar-refractivity contribution in [2.75, 3.05) is 4.90 Å². The zero-order valence-corrected chi connectivity index (χ0v) is 16.0. The van der Waals surface area contributed by atoms with Crippen LogP contribution in [0.5, 0.6) is 0 Å². The molecule has 0 aliphatic rings. The number of carboxylic acids is 1. The van der Waals surface area contributed by atoms with Crippen LogP contribution in [0.2, 0.25) is 0 Å². The predicted molar refractivity (Wildman–Crippen MR) is 95.7 cm³/mol. The standard InChI is InChI=1S/C16H23N5O6/c1-15(2,3)26-13(24)21(14(25)27-16(4,5)6)11-10(12(22)23)20-9(7-18-11)8-19-17/h7-8H,17H2,1-6H3,(H,22,23)/b19-8+. The number of hydrogen-bond acceptors (Lipinski definition) is 9. The van der Waals surface area contributed by atoms with Gasteiger partial charge < -0.3 is 20.4 Å². The minimum atomic E-state index is -1.53. The van der Waals surface area contributed by atoms with Crippen LogP contribution in [0.4, 0.5) is 15.4 Å². The van der Waals surface area contributed by atoms with Crippen LogP contribution < -0.4 is 10.7 Å². The van der Waals surface area contributed by atoms with Crippen LogP contribution in [0.3, 0.4) is 0 Å². The van der Waals surface area contributed by atoms with Crippen molar-refractivity contribution in [2.24, 2.45) is 10.9 Å². The lowest BCUT2D eigenvalue weighted by Gasteiger charge is -2.28. The second kappa shape index (κ2) is 7.98. The van der Waals surface area contributed by atoms with Crippen molar-refractivity contribution in [3.8, 4) is 0 Å². The molecule has 148 valence electrons. The van der Waals surface area contributed by atoms with Gasteiger partial charge in [-0.05, 0) is 41.5 Å². The van der Waals surface area contributed by atoms with Gasteiger partial charge in [0.1, 0.15) is 16.9 Å². The third kappa shape index (κ3) is 6.53. The number of aromatic nitrogens is 2. The summed E-state index contributed by atoms with van der Waals surface area (Å²) in [5, 5.41) is 12.7. The van der Waals surface area contributed by atoms with Gasteiger partial charge >= 0.3 is 18.2 Å². The number of nitrogens with zero attached hydrogens (tertiary/aromatic N) is 4. The van der Waals surface area contributed by atoms with E-state index in [0.29, 0.717) is 4.90 Å². The number of hydrogen-bond donors (Lipinski definition) is 2. The van der Waals surface area contributed by atoms with Crippen molar-refractivity contribution in [3.63, 3.8) is 0 Å². The smallest absolute Gasteiger partial charge is 0.425 e. The summed E-state index contributed by atoms with van der Waals surface area (Å²) in [7, 11) is 0. The number of hydrazone groups is 1. The molecule has 1 rings (SSSR count). The molecule has 0 unspecified atom stereocenters. The van der Waals surface area contributed by atoms with Crippen LogP contribution in [0, 0.1) is 0 Å². The van der Waals surface area contributed by atoms with E-state index in [1.807, 2.05) is 0 Å². The first-order valence-corrected chi connectivity index (χ1v) is 7.85. The molecular formula is C16H23N5O6. The molecule has 0 aliphatic heterocycles. The minimum Gasteiger partial charge on any atom is -0.476 e. The molecule has 0 spiro atoms. The molecule has 1 heterocycles. The van der Waals surface area contributed by atoms with Gasteiger partial charge in [0.15, 0.2) is 11.5 Å². The molecule has 3 N–H and O–H groups in total. The number of carbonyl (C=O) groups is 3. The first kappa shape index (κ1) is 21.8. The van der Waals surface area contributed by atoms with E-state index in [0.717, 1.165) is 12.4 Å². The SMILES string of the molecule is CC(C)(C)OC(=O)N(C(=O)OC(C)(C)C)c1ncc(/C=N/N)nc1C(=O)O. The molecule has 0 aliphatic carbocycles. The molecule has 0 bridgehead atoms. The van der Waals surface area contributed by atoms with Gasteiger partial charge in [0, 0.05) is 0 Å². The Balaban J connectivity index is 3.52. The first-order chi connectivity index (χ1) is 12.2. The van der Waals surface area contributed by atoms with Crippen LogP contribution >= 0.6 is 0 Å². The Labute approximate surface area is 156 Å². The van der Waals surface area contributed by atoms with Gasteiger partial charge in [-0.2, -0.15) is 10.0 Å². The Bertz CT molecular complexity index is 736. The molecule has 0 atom stereocenters. The van der Waals surface area contributed by atoms with Crippen molar-refractivity contribution in [1.82, 2.24) is 9.97 Å². The molecule has 11 nitrogen and oxygen atoms in total. The molecule has 1 aromatic heterocycles. The number of nitrogens with two attached hydrogens (primary N) is 1. The summed E-state index contributed by atoms with van der Waals surface area (Å²) in [4.78, 5) is 44.8. The molecule has 0 aromatic carbocycles. The van der Waals surface area contributed by atoms with E-state index in [4.69, 9.17) is 15.3 Å². The van der Waals surface area contributed by atoms with Gasteiger partial charge in [0.05, 0.1) is 12.4 Å². The van der Waals surface area contributed by atoms with Gasteiger partial charge in [0.25, 0.3) is 0 Å². The van der Waals surface area contributed by atoms with E-state index in [9.17, 15) is 19.5 Å². The maximum absolute atomic E-state index is 12.6. The summed E-state index contributed by atoms with van der Waals surface area (Å²) in [6.45, 7) is 9.52. The van der Waals surface area contributed by atoms with E-state index in [1.54, 1.807) is 41.5 Å². The van der Waals surface area contributed by atoms with Crippen molar-refractivity contribution >= 4 is 30.2 Å². The maximum Gasteiger partial charge on any atom is 0.425 e. The Morgan fingerprint density at radius 2 is 1.59 bits per heavy atom. The Hall–Kier alpha value is -3.24. The highest BCUT2D eigenvalue weighted by molar-refractivity contribution is 6.11. The molecule has 27 heavy (non-hydrogen) atoms. The number of carbonyl (C=O) groups excluding carboxylic acids is 2. The molecular weight excluding hydrogens is 358 g/mol. The topological polar surface area (TPSA) is 157 Å². The quantitative estimate of drug-likeness (QED) is 0.454. The molecule has 2 amide bonds. The third-order valence-corrected chi connectivity index (χ3v) is 2.55. The third-order valence-electron chi connectivity index (χ3n) is 2.55. The molecule has 0 saturated heterocycles. The van der Waals surface area contributed by atoms with Gasteiger partial charge in [-0.3, -0.25) is 0 Å². The van der Waals surface area contributed by atoms with Crippen molar-refractivity contribution in [2.45, 2.75) is 52.7 Å². The van der Waals surface area contributed by atoms with Crippen LogP contribution in [0.25, 0.3) is 0 Å². The van der Waals surface area contributed by atoms with Crippen molar-refractivity contribution < 1.29 is 29.0 Å². The van der Waals surface area contributed by atoms with E-state index in [1.165, 1.54) is 0 Å². The minimum absolute atomic E-state index is 0.0203.